The highest BCUT2D eigenvalue weighted by atomic mass is 35.5. The first-order valence-electron chi connectivity index (χ1n) is 7.60. The number of nitrogens with zero attached hydrogens (tertiary/aromatic N) is 2. The van der Waals surface area contributed by atoms with Gasteiger partial charge in [0, 0.05) is 18.8 Å². The molecule has 126 valence electrons. The summed E-state index contributed by atoms with van der Waals surface area (Å²) < 4.78 is 5.08. The van der Waals surface area contributed by atoms with E-state index in [4.69, 9.17) is 16.3 Å². The van der Waals surface area contributed by atoms with Crippen LogP contribution in [0.3, 0.4) is 0 Å². The summed E-state index contributed by atoms with van der Waals surface area (Å²) in [5.74, 6) is -0.924. The van der Waals surface area contributed by atoms with E-state index in [-0.39, 0.29) is 29.3 Å². The Morgan fingerprint density at radius 2 is 1.88 bits per heavy atom. The van der Waals surface area contributed by atoms with Crippen LogP contribution in [0.4, 0.5) is 0 Å². The van der Waals surface area contributed by atoms with E-state index in [0.717, 1.165) is 5.56 Å². The maximum absolute atomic E-state index is 12.4. The lowest BCUT2D eigenvalue weighted by molar-refractivity contribution is -0.136. The van der Waals surface area contributed by atoms with Gasteiger partial charge in [-0.3, -0.25) is 4.79 Å². The van der Waals surface area contributed by atoms with Crippen LogP contribution in [0, 0.1) is 0 Å². The number of halogens is 1. The molecule has 2 aromatic rings. The van der Waals surface area contributed by atoms with Gasteiger partial charge in [-0.15, -0.1) is 0 Å². The lowest BCUT2D eigenvalue weighted by Crippen LogP contribution is -2.39. The smallest absolute Gasteiger partial charge is 0.341 e. The number of hydrogen-bond donors (Lipinski definition) is 0. The molecule has 0 aliphatic rings. The summed E-state index contributed by atoms with van der Waals surface area (Å²) in [6.45, 7) is 3.96. The number of aromatic nitrogens is 1. The highest BCUT2D eigenvalue weighted by molar-refractivity contribution is 6.32. The Kier molecular flexibility index (Phi) is 6.32. The van der Waals surface area contributed by atoms with Crippen molar-refractivity contribution in [2.75, 3.05) is 6.61 Å². The van der Waals surface area contributed by atoms with E-state index >= 15 is 0 Å². The first-order chi connectivity index (χ1) is 11.5. The Balaban J connectivity index is 1.98. The minimum atomic E-state index is -0.662. The van der Waals surface area contributed by atoms with Crippen molar-refractivity contribution in [3.63, 3.8) is 0 Å². The average Bonchev–Trinajstić information content (AvgIpc) is 2.58. The minimum Gasteiger partial charge on any atom is -0.452 e. The van der Waals surface area contributed by atoms with Crippen molar-refractivity contribution in [2.24, 2.45) is 0 Å². The second kappa shape index (κ2) is 8.45. The van der Waals surface area contributed by atoms with Crippen LogP contribution >= 0.6 is 11.6 Å². The molecule has 1 amide bonds. The van der Waals surface area contributed by atoms with Gasteiger partial charge in [-0.25, -0.2) is 9.78 Å². The molecule has 0 fully saturated rings. The third-order valence-corrected chi connectivity index (χ3v) is 3.75. The van der Waals surface area contributed by atoms with E-state index in [9.17, 15) is 9.59 Å². The fourth-order valence-electron chi connectivity index (χ4n) is 2.17. The second-order valence-corrected chi connectivity index (χ2v) is 5.88. The zero-order valence-corrected chi connectivity index (χ0v) is 14.4. The number of carbonyl (C=O) groups is 2. The van der Waals surface area contributed by atoms with Crippen LogP contribution in [0.1, 0.15) is 29.8 Å². The lowest BCUT2D eigenvalue weighted by atomic mass is 10.2. The lowest BCUT2D eigenvalue weighted by Gasteiger charge is -2.26. The molecule has 0 atom stereocenters. The largest absolute Gasteiger partial charge is 0.452 e. The number of benzene rings is 1. The van der Waals surface area contributed by atoms with Crippen LogP contribution < -0.4 is 0 Å². The van der Waals surface area contributed by atoms with E-state index in [1.807, 2.05) is 44.2 Å². The number of rotatable bonds is 6. The van der Waals surface area contributed by atoms with Gasteiger partial charge in [0.15, 0.2) is 6.61 Å². The van der Waals surface area contributed by atoms with Crippen molar-refractivity contribution >= 4 is 23.5 Å². The summed E-state index contributed by atoms with van der Waals surface area (Å²) in [6, 6.07) is 12.7. The molecule has 0 saturated heterocycles. The first-order valence-corrected chi connectivity index (χ1v) is 7.98. The average molecular weight is 347 g/mol. The molecule has 0 aliphatic heterocycles. The zero-order chi connectivity index (χ0) is 17.5. The second-order valence-electron chi connectivity index (χ2n) is 5.52. The van der Waals surface area contributed by atoms with Gasteiger partial charge in [0.1, 0.15) is 5.15 Å². The predicted molar refractivity (Wildman–Crippen MR) is 91.7 cm³/mol. The van der Waals surface area contributed by atoms with E-state index in [1.54, 1.807) is 11.0 Å². The van der Waals surface area contributed by atoms with Crippen molar-refractivity contribution in [1.29, 1.82) is 0 Å². The van der Waals surface area contributed by atoms with Crippen molar-refractivity contribution in [2.45, 2.75) is 26.4 Å². The summed E-state index contributed by atoms with van der Waals surface area (Å²) >= 11 is 5.85. The Morgan fingerprint density at radius 3 is 2.50 bits per heavy atom. The van der Waals surface area contributed by atoms with Gasteiger partial charge in [-0.1, -0.05) is 41.9 Å². The highest BCUT2D eigenvalue weighted by Crippen LogP contribution is 2.13. The Labute approximate surface area is 146 Å². The van der Waals surface area contributed by atoms with Crippen molar-refractivity contribution in [3.05, 3.63) is 64.9 Å². The zero-order valence-electron chi connectivity index (χ0n) is 13.6. The van der Waals surface area contributed by atoms with Crippen LogP contribution in [0.5, 0.6) is 0 Å². The molecule has 0 N–H and O–H groups in total. The normalized spacial score (nSPS) is 10.5. The third-order valence-electron chi connectivity index (χ3n) is 3.45. The predicted octanol–water partition coefficient (Wildman–Crippen LogP) is 3.33. The first kappa shape index (κ1) is 17.9. The molecule has 2 rings (SSSR count). The Bertz CT molecular complexity index is 704. The van der Waals surface area contributed by atoms with Gasteiger partial charge in [0.2, 0.25) is 0 Å². The molecule has 24 heavy (non-hydrogen) atoms. The molecule has 1 heterocycles. The number of ether oxygens (including phenoxy) is 1. The molecule has 0 saturated carbocycles. The Morgan fingerprint density at radius 1 is 1.17 bits per heavy atom. The molecule has 0 aliphatic carbocycles. The number of carbonyl (C=O) groups excluding carboxylic acids is 2. The highest BCUT2D eigenvalue weighted by Gasteiger charge is 2.20. The van der Waals surface area contributed by atoms with Gasteiger partial charge in [0.25, 0.3) is 5.91 Å². The molecular formula is C18H19ClN2O3. The summed E-state index contributed by atoms with van der Waals surface area (Å²) in [7, 11) is 0. The van der Waals surface area contributed by atoms with Crippen LogP contribution in [-0.2, 0) is 16.1 Å². The standard InChI is InChI=1S/C18H19ClN2O3/c1-13(2)21(11-14-7-4-3-5-8-14)16(22)12-24-18(23)15-9-6-10-20-17(15)19/h3-10,13H,11-12H2,1-2H3. The van der Waals surface area contributed by atoms with Crippen LogP contribution in [0.15, 0.2) is 48.7 Å². The quantitative estimate of drug-likeness (QED) is 0.594. The summed E-state index contributed by atoms with van der Waals surface area (Å²) in [4.78, 5) is 29.9. The van der Waals surface area contributed by atoms with E-state index in [1.165, 1.54) is 12.3 Å². The number of hydrogen-bond acceptors (Lipinski definition) is 4. The number of pyridine rings is 1. The van der Waals surface area contributed by atoms with Crippen molar-refractivity contribution < 1.29 is 14.3 Å². The molecule has 1 aromatic carbocycles. The fourth-order valence-corrected chi connectivity index (χ4v) is 2.36. The van der Waals surface area contributed by atoms with Gasteiger partial charge in [-0.05, 0) is 31.5 Å². The topological polar surface area (TPSA) is 59.5 Å². The monoisotopic (exact) mass is 346 g/mol. The third kappa shape index (κ3) is 4.80. The maximum Gasteiger partial charge on any atom is 0.341 e. The molecule has 0 unspecified atom stereocenters. The van der Waals surface area contributed by atoms with Crippen molar-refractivity contribution in [1.82, 2.24) is 9.88 Å². The SMILES string of the molecule is CC(C)N(Cc1ccccc1)C(=O)COC(=O)c1cccnc1Cl. The van der Waals surface area contributed by atoms with Gasteiger partial charge in [0.05, 0.1) is 5.56 Å². The summed E-state index contributed by atoms with van der Waals surface area (Å²) in [6.07, 6.45) is 1.48. The minimum absolute atomic E-state index is 0.0154. The molecule has 0 radical (unpaired) electrons. The molecule has 0 bridgehead atoms. The van der Waals surface area contributed by atoms with Gasteiger partial charge < -0.3 is 9.64 Å². The van der Waals surface area contributed by atoms with Crippen LogP contribution in [0.25, 0.3) is 0 Å². The van der Waals surface area contributed by atoms with E-state index in [0.29, 0.717) is 6.54 Å². The van der Waals surface area contributed by atoms with E-state index < -0.39 is 5.97 Å². The van der Waals surface area contributed by atoms with Crippen molar-refractivity contribution in [3.8, 4) is 0 Å². The number of esters is 1. The maximum atomic E-state index is 12.4. The Hall–Kier alpha value is -2.40. The van der Waals surface area contributed by atoms with Crippen LogP contribution in [-0.4, -0.2) is 34.4 Å². The molecule has 1 aromatic heterocycles. The molecular weight excluding hydrogens is 328 g/mol. The van der Waals surface area contributed by atoms with Gasteiger partial charge in [-0.2, -0.15) is 0 Å². The fraction of sp³-hybridized carbons (Fsp3) is 0.278. The molecule has 6 heteroatoms. The van der Waals surface area contributed by atoms with E-state index in [2.05, 4.69) is 4.98 Å². The molecule has 0 spiro atoms. The van der Waals surface area contributed by atoms with Crippen LogP contribution in [0.2, 0.25) is 5.15 Å². The number of amides is 1. The summed E-state index contributed by atoms with van der Waals surface area (Å²) in [5, 5.41) is 0.0555. The summed E-state index contributed by atoms with van der Waals surface area (Å²) in [5.41, 5.74) is 1.16. The molecule has 5 nitrogen and oxygen atoms in total. The van der Waals surface area contributed by atoms with Gasteiger partial charge >= 0.3 is 5.97 Å².